The predicted octanol–water partition coefficient (Wildman–Crippen LogP) is 2.06. The Balaban J connectivity index is 3.26. The van der Waals surface area contributed by atoms with Gasteiger partial charge in [0.25, 0.3) is 0 Å². The minimum absolute atomic E-state index is 0.594. The van der Waals surface area contributed by atoms with Crippen LogP contribution in [0.3, 0.4) is 0 Å². The Morgan fingerprint density at radius 2 is 1.45 bits per heavy atom. The fourth-order valence-corrected chi connectivity index (χ4v) is 0.333. The van der Waals surface area contributed by atoms with Crippen molar-refractivity contribution in [3.63, 3.8) is 0 Å². The summed E-state index contributed by atoms with van der Waals surface area (Å²) >= 11 is 10.9. The molecule has 0 saturated carbocycles. The molecule has 0 aliphatic carbocycles. The van der Waals surface area contributed by atoms with Crippen LogP contribution in [-0.2, 0) is 9.31 Å². The first kappa shape index (κ1) is 11.0. The van der Waals surface area contributed by atoms with Gasteiger partial charge in [0.15, 0.2) is 0 Å². The number of hydrogen-bond acceptors (Lipinski definition) is 2. The number of halogens is 2. The average Bonchev–Trinajstić information content (AvgIpc) is 2.04. The van der Waals surface area contributed by atoms with Gasteiger partial charge >= 0.3 is 7.69 Å². The number of alkyl halides is 2. The molecule has 2 unspecified atom stereocenters. The second-order valence-corrected chi connectivity index (χ2v) is 2.40. The lowest BCUT2D eigenvalue weighted by molar-refractivity contribution is 0.226. The Morgan fingerprint density at radius 1 is 1.09 bits per heavy atom. The smallest absolute Gasteiger partial charge is 0.394 e. The summed E-state index contributed by atoms with van der Waals surface area (Å²) in [4.78, 5) is 0. The van der Waals surface area contributed by atoms with Crippen molar-refractivity contribution in [3.8, 4) is 0 Å². The zero-order chi connectivity index (χ0) is 8.69. The van der Waals surface area contributed by atoms with Crippen LogP contribution in [0.2, 0.25) is 0 Å². The van der Waals surface area contributed by atoms with E-state index < -0.39 is 11.1 Å². The Labute approximate surface area is 77.1 Å². The van der Waals surface area contributed by atoms with Crippen molar-refractivity contribution in [2.75, 3.05) is 0 Å². The molecular weight excluding hydrogens is 186 g/mol. The van der Waals surface area contributed by atoms with Gasteiger partial charge in [0.05, 0.1) is 0 Å². The van der Waals surface area contributed by atoms with Crippen LogP contribution in [0.1, 0.15) is 0 Å². The number of rotatable bonds is 6. The number of hydrogen-bond donors (Lipinski definition) is 0. The van der Waals surface area contributed by atoms with Crippen LogP contribution in [0.5, 0.6) is 0 Å². The molecule has 0 N–H and O–H groups in total. The SMILES string of the molecule is C=CC(Cl)O[B]OC(Cl)C=C. The molecule has 0 fully saturated rings. The zero-order valence-corrected chi connectivity index (χ0v) is 7.39. The topological polar surface area (TPSA) is 18.5 Å². The van der Waals surface area contributed by atoms with Crippen LogP contribution in [0, 0.1) is 0 Å². The van der Waals surface area contributed by atoms with Gasteiger partial charge in [0.2, 0.25) is 0 Å². The third kappa shape index (κ3) is 6.44. The molecule has 0 aliphatic rings. The molecule has 0 spiro atoms. The van der Waals surface area contributed by atoms with Gasteiger partial charge in [0.1, 0.15) is 11.1 Å². The summed E-state index contributed by atoms with van der Waals surface area (Å²) in [6, 6.07) is 0. The minimum Gasteiger partial charge on any atom is -0.394 e. The van der Waals surface area contributed by atoms with E-state index in [2.05, 4.69) is 13.2 Å². The third-order valence-corrected chi connectivity index (χ3v) is 1.30. The molecule has 5 heteroatoms. The summed E-state index contributed by atoms with van der Waals surface area (Å²) in [6.45, 7) is 6.79. The van der Waals surface area contributed by atoms with Crippen molar-refractivity contribution in [1.82, 2.24) is 0 Å². The molecule has 2 nitrogen and oxygen atoms in total. The minimum atomic E-state index is -0.594. The average molecular weight is 194 g/mol. The Morgan fingerprint density at radius 3 is 1.73 bits per heavy atom. The highest BCUT2D eigenvalue weighted by Gasteiger charge is 2.04. The normalized spacial score (nSPS) is 15.1. The van der Waals surface area contributed by atoms with Crippen LogP contribution < -0.4 is 0 Å². The van der Waals surface area contributed by atoms with Gasteiger partial charge in [-0.3, -0.25) is 0 Å². The van der Waals surface area contributed by atoms with E-state index in [1.54, 1.807) is 0 Å². The largest absolute Gasteiger partial charge is 0.490 e. The van der Waals surface area contributed by atoms with E-state index in [0.717, 1.165) is 7.69 Å². The van der Waals surface area contributed by atoms with Crippen molar-refractivity contribution < 1.29 is 9.31 Å². The van der Waals surface area contributed by atoms with Crippen molar-refractivity contribution in [1.29, 1.82) is 0 Å². The summed E-state index contributed by atoms with van der Waals surface area (Å²) in [5, 5.41) is 0. The lowest BCUT2D eigenvalue weighted by Gasteiger charge is -2.06. The van der Waals surface area contributed by atoms with E-state index in [1.807, 2.05) is 0 Å². The Hall–Kier alpha value is 0.0449. The highest BCUT2D eigenvalue weighted by atomic mass is 35.5. The monoisotopic (exact) mass is 193 g/mol. The van der Waals surface area contributed by atoms with E-state index in [4.69, 9.17) is 32.5 Å². The van der Waals surface area contributed by atoms with E-state index in [-0.39, 0.29) is 0 Å². The first-order valence-corrected chi connectivity index (χ1v) is 3.74. The summed E-state index contributed by atoms with van der Waals surface area (Å²) < 4.78 is 9.46. The van der Waals surface area contributed by atoms with E-state index in [0.29, 0.717) is 0 Å². The van der Waals surface area contributed by atoms with Crippen molar-refractivity contribution >= 4 is 30.9 Å². The predicted molar refractivity (Wildman–Crippen MR) is 47.6 cm³/mol. The van der Waals surface area contributed by atoms with Gasteiger partial charge in [-0.1, -0.05) is 36.4 Å². The maximum atomic E-state index is 5.47. The fraction of sp³-hybridized carbons (Fsp3) is 0.333. The lowest BCUT2D eigenvalue weighted by Crippen LogP contribution is -2.13. The Kier molecular flexibility index (Phi) is 6.76. The molecule has 0 rings (SSSR count). The standard InChI is InChI=1S/C6H8BCl2O2/c1-3-5(8)10-7-11-6(9)4-2/h3-6H,1-2H2. The highest BCUT2D eigenvalue weighted by molar-refractivity contribution is 6.28. The maximum absolute atomic E-state index is 5.47. The Bertz CT molecular complexity index is 118. The van der Waals surface area contributed by atoms with Crippen LogP contribution >= 0.6 is 23.2 Å². The molecular formula is C6H8BCl2O2. The lowest BCUT2D eigenvalue weighted by atomic mass is 10.4. The molecule has 0 aromatic heterocycles. The van der Waals surface area contributed by atoms with E-state index in [9.17, 15) is 0 Å². The molecule has 0 aromatic carbocycles. The van der Waals surface area contributed by atoms with E-state index in [1.165, 1.54) is 12.2 Å². The molecule has 0 bridgehead atoms. The van der Waals surface area contributed by atoms with Crippen LogP contribution in [0.25, 0.3) is 0 Å². The third-order valence-electron chi connectivity index (χ3n) is 0.742. The van der Waals surface area contributed by atoms with Gasteiger partial charge in [-0.25, -0.2) is 0 Å². The van der Waals surface area contributed by atoms with Crippen molar-refractivity contribution in [2.45, 2.75) is 11.1 Å². The van der Waals surface area contributed by atoms with Gasteiger partial charge < -0.3 is 9.31 Å². The molecule has 0 heterocycles. The van der Waals surface area contributed by atoms with Crippen molar-refractivity contribution in [2.24, 2.45) is 0 Å². The molecule has 0 aliphatic heterocycles. The molecule has 11 heavy (non-hydrogen) atoms. The second kappa shape index (κ2) is 6.74. The summed E-state index contributed by atoms with van der Waals surface area (Å²) in [5.74, 6) is 0. The summed E-state index contributed by atoms with van der Waals surface area (Å²) in [7, 11) is 1.05. The highest BCUT2D eigenvalue weighted by Crippen LogP contribution is 2.01. The van der Waals surface area contributed by atoms with Gasteiger partial charge in [-0.2, -0.15) is 0 Å². The summed E-state index contributed by atoms with van der Waals surface area (Å²) in [6.07, 6.45) is 2.83. The van der Waals surface area contributed by atoms with Crippen LogP contribution in [0.15, 0.2) is 25.3 Å². The van der Waals surface area contributed by atoms with Gasteiger partial charge in [-0.15, -0.1) is 0 Å². The first-order valence-electron chi connectivity index (χ1n) is 2.86. The molecule has 0 saturated heterocycles. The van der Waals surface area contributed by atoms with Gasteiger partial charge in [-0.05, 0) is 12.2 Å². The zero-order valence-electron chi connectivity index (χ0n) is 5.87. The molecule has 0 amide bonds. The van der Waals surface area contributed by atoms with E-state index >= 15 is 0 Å². The van der Waals surface area contributed by atoms with Crippen LogP contribution in [-0.4, -0.2) is 18.8 Å². The molecule has 0 aromatic rings. The summed E-state index contributed by atoms with van der Waals surface area (Å²) in [5.41, 5.74) is -1.19. The van der Waals surface area contributed by atoms with Crippen molar-refractivity contribution in [3.05, 3.63) is 25.3 Å². The quantitative estimate of drug-likeness (QED) is 0.366. The van der Waals surface area contributed by atoms with Gasteiger partial charge in [0, 0.05) is 0 Å². The molecule has 61 valence electrons. The van der Waals surface area contributed by atoms with Crippen LogP contribution in [0.4, 0.5) is 0 Å². The maximum Gasteiger partial charge on any atom is 0.490 e. The second-order valence-electron chi connectivity index (χ2n) is 1.54. The first-order chi connectivity index (χ1) is 5.20. The molecule has 2 atom stereocenters. The molecule has 1 radical (unpaired) electrons. The fourth-order valence-electron chi connectivity index (χ4n) is 0.249.